The van der Waals surface area contributed by atoms with Crippen LogP contribution in [0.4, 0.5) is 0 Å². The van der Waals surface area contributed by atoms with E-state index < -0.39 is 0 Å². The van der Waals surface area contributed by atoms with Gasteiger partial charge in [-0.15, -0.1) is 0 Å². The highest BCUT2D eigenvalue weighted by Crippen LogP contribution is 2.27. The molecule has 5 rings (SSSR count). The van der Waals surface area contributed by atoms with E-state index in [4.69, 9.17) is 4.74 Å². The molecule has 0 bridgehead atoms. The van der Waals surface area contributed by atoms with Crippen molar-refractivity contribution in [2.45, 2.75) is 51.4 Å². The smallest absolute Gasteiger partial charge is 0.172 e. The average Bonchev–Trinajstić information content (AvgIpc) is 3.61. The number of nitrogens with one attached hydrogen (secondary N) is 1. The van der Waals surface area contributed by atoms with E-state index in [2.05, 4.69) is 19.9 Å². The monoisotopic (exact) mass is 456 g/mol. The van der Waals surface area contributed by atoms with Crippen LogP contribution in [0.25, 0.3) is 11.0 Å². The first-order chi connectivity index (χ1) is 16.7. The number of aromatic amines is 1. The van der Waals surface area contributed by atoms with E-state index in [1.807, 2.05) is 18.2 Å². The molecule has 0 spiro atoms. The largest absolute Gasteiger partial charge is 0.492 e. The molecule has 2 aromatic heterocycles. The maximum Gasteiger partial charge on any atom is 0.172 e. The SMILES string of the molecule is O=C(Cc1nc2c(C(=O)CC3=NC=CC3)cccc2[nH]1)c1cncc(OCCC2CCCC2)c1. The lowest BCUT2D eigenvalue weighted by molar-refractivity contribution is 0.0986. The Morgan fingerprint density at radius 1 is 1.09 bits per heavy atom. The number of para-hydroxylation sites is 1. The molecular weight excluding hydrogens is 428 g/mol. The van der Waals surface area contributed by atoms with Gasteiger partial charge >= 0.3 is 0 Å². The van der Waals surface area contributed by atoms with Gasteiger partial charge in [-0.3, -0.25) is 19.6 Å². The first kappa shape index (κ1) is 22.2. The number of aliphatic imine (C=N–C) groups is 1. The second-order valence-corrected chi connectivity index (χ2v) is 9.07. The van der Waals surface area contributed by atoms with E-state index in [0.29, 0.717) is 41.2 Å². The Bertz CT molecular complexity index is 1270. The maximum absolute atomic E-state index is 12.9. The highest BCUT2D eigenvalue weighted by atomic mass is 16.5. The van der Waals surface area contributed by atoms with Crippen molar-refractivity contribution in [1.29, 1.82) is 0 Å². The molecule has 0 amide bonds. The molecule has 7 heteroatoms. The summed E-state index contributed by atoms with van der Waals surface area (Å²) in [4.78, 5) is 41.9. The minimum Gasteiger partial charge on any atom is -0.492 e. The van der Waals surface area contributed by atoms with Gasteiger partial charge in [0.05, 0.1) is 30.3 Å². The number of H-pyrrole nitrogens is 1. The van der Waals surface area contributed by atoms with Gasteiger partial charge in [-0.05, 0) is 30.5 Å². The molecule has 0 atom stereocenters. The Morgan fingerprint density at radius 3 is 2.79 bits per heavy atom. The summed E-state index contributed by atoms with van der Waals surface area (Å²) in [5, 5.41) is 0. The second kappa shape index (κ2) is 10.1. The van der Waals surface area contributed by atoms with Crippen LogP contribution < -0.4 is 4.74 Å². The number of pyridine rings is 1. The number of carbonyl (C=O) groups is 2. The van der Waals surface area contributed by atoms with Gasteiger partial charge < -0.3 is 9.72 Å². The van der Waals surface area contributed by atoms with Crippen LogP contribution in [0.1, 0.15) is 71.5 Å². The fourth-order valence-corrected chi connectivity index (χ4v) is 4.74. The Morgan fingerprint density at radius 2 is 1.97 bits per heavy atom. The molecule has 34 heavy (non-hydrogen) atoms. The van der Waals surface area contributed by atoms with E-state index in [1.54, 1.807) is 30.7 Å². The van der Waals surface area contributed by atoms with Gasteiger partial charge in [0.1, 0.15) is 11.6 Å². The van der Waals surface area contributed by atoms with Crippen LogP contribution in [-0.4, -0.2) is 38.8 Å². The first-order valence-electron chi connectivity index (χ1n) is 12.0. The fourth-order valence-electron chi connectivity index (χ4n) is 4.74. The standard InChI is InChI=1S/C27H28N4O3/c32-24(19-13-21(17-28-16-19)34-12-10-18-5-1-2-6-18)15-26-30-23-9-3-8-22(27(23)31-26)25(33)14-20-7-4-11-29-20/h3-4,8-9,11,13,16-18H,1-2,5-7,10,12,14-15H2,(H,30,31). The van der Waals surface area contributed by atoms with E-state index >= 15 is 0 Å². The van der Waals surface area contributed by atoms with Gasteiger partial charge in [-0.1, -0.05) is 37.8 Å². The fraction of sp³-hybridized carbons (Fsp3) is 0.370. The van der Waals surface area contributed by atoms with E-state index in [-0.39, 0.29) is 24.4 Å². The lowest BCUT2D eigenvalue weighted by Gasteiger charge is -2.10. The third-order valence-electron chi connectivity index (χ3n) is 6.58. The molecule has 1 aliphatic heterocycles. The molecule has 1 fully saturated rings. The van der Waals surface area contributed by atoms with Gasteiger partial charge in [-0.25, -0.2) is 4.98 Å². The van der Waals surface area contributed by atoms with Crippen LogP contribution >= 0.6 is 0 Å². The summed E-state index contributed by atoms with van der Waals surface area (Å²) in [7, 11) is 0. The van der Waals surface area contributed by atoms with Crippen molar-refractivity contribution in [2.75, 3.05) is 6.61 Å². The van der Waals surface area contributed by atoms with Crippen molar-refractivity contribution >= 4 is 28.3 Å². The number of benzene rings is 1. The highest BCUT2D eigenvalue weighted by Gasteiger charge is 2.18. The number of nitrogens with zero attached hydrogens (tertiary/aromatic N) is 3. The predicted octanol–water partition coefficient (Wildman–Crippen LogP) is 5.27. The normalized spacial score (nSPS) is 15.7. The number of Topliss-reactive ketones (excluding diaryl/α,β-unsaturated/α-hetero) is 2. The number of ether oxygens (including phenoxy) is 1. The third kappa shape index (κ3) is 5.14. The molecule has 3 aromatic rings. The van der Waals surface area contributed by atoms with Crippen LogP contribution in [0.2, 0.25) is 0 Å². The van der Waals surface area contributed by atoms with Gasteiger partial charge in [0, 0.05) is 42.1 Å². The van der Waals surface area contributed by atoms with Crippen molar-refractivity contribution < 1.29 is 14.3 Å². The van der Waals surface area contributed by atoms with E-state index in [9.17, 15) is 9.59 Å². The maximum atomic E-state index is 12.9. The zero-order valence-electron chi connectivity index (χ0n) is 19.1. The number of aromatic nitrogens is 3. The Kier molecular flexibility index (Phi) is 6.60. The molecule has 0 unspecified atom stereocenters. The van der Waals surface area contributed by atoms with E-state index in [1.165, 1.54) is 25.7 Å². The van der Waals surface area contributed by atoms with Crippen molar-refractivity contribution in [3.05, 3.63) is 65.9 Å². The van der Waals surface area contributed by atoms with Crippen LogP contribution in [0.15, 0.2) is 53.9 Å². The summed E-state index contributed by atoms with van der Waals surface area (Å²) < 4.78 is 5.86. The lowest BCUT2D eigenvalue weighted by Crippen LogP contribution is -2.08. The summed E-state index contributed by atoms with van der Waals surface area (Å²) in [6.45, 7) is 0.646. The molecule has 2 aliphatic rings. The number of hydrogen-bond acceptors (Lipinski definition) is 6. The molecule has 174 valence electrons. The molecule has 0 radical (unpaired) electrons. The third-order valence-corrected chi connectivity index (χ3v) is 6.58. The average molecular weight is 457 g/mol. The van der Waals surface area contributed by atoms with Crippen LogP contribution in [0.3, 0.4) is 0 Å². The molecule has 1 saturated carbocycles. The number of carbonyl (C=O) groups excluding carboxylic acids is 2. The number of allylic oxidation sites excluding steroid dienone is 1. The molecule has 0 saturated heterocycles. The minimum absolute atomic E-state index is 0.0240. The number of rotatable bonds is 10. The van der Waals surface area contributed by atoms with Crippen LogP contribution in [0, 0.1) is 5.92 Å². The Balaban J connectivity index is 1.25. The van der Waals surface area contributed by atoms with Crippen LogP contribution in [-0.2, 0) is 6.42 Å². The van der Waals surface area contributed by atoms with Gasteiger partial charge in [0.15, 0.2) is 11.6 Å². The lowest BCUT2D eigenvalue weighted by atomic mass is 10.0. The Hall–Kier alpha value is -3.61. The highest BCUT2D eigenvalue weighted by molar-refractivity contribution is 6.15. The summed E-state index contributed by atoms with van der Waals surface area (Å²) in [6.07, 6.45) is 14.2. The van der Waals surface area contributed by atoms with Crippen molar-refractivity contribution in [2.24, 2.45) is 10.9 Å². The summed E-state index contributed by atoms with van der Waals surface area (Å²) in [6, 6.07) is 7.21. The molecule has 1 N–H and O–H groups in total. The summed E-state index contributed by atoms with van der Waals surface area (Å²) in [5.41, 5.74) is 3.21. The zero-order chi connectivity index (χ0) is 23.3. The summed E-state index contributed by atoms with van der Waals surface area (Å²) >= 11 is 0. The van der Waals surface area contributed by atoms with Gasteiger partial charge in [0.2, 0.25) is 0 Å². The summed E-state index contributed by atoms with van der Waals surface area (Å²) in [5.74, 6) is 1.76. The number of hydrogen-bond donors (Lipinski definition) is 1. The second-order valence-electron chi connectivity index (χ2n) is 9.07. The van der Waals surface area contributed by atoms with Crippen molar-refractivity contribution in [1.82, 2.24) is 15.0 Å². The number of imidazole rings is 1. The first-order valence-corrected chi connectivity index (χ1v) is 12.0. The van der Waals surface area contributed by atoms with Crippen molar-refractivity contribution in [3.8, 4) is 5.75 Å². The van der Waals surface area contributed by atoms with Crippen molar-refractivity contribution in [3.63, 3.8) is 0 Å². The molecular formula is C27H28N4O3. The molecule has 7 nitrogen and oxygen atoms in total. The quantitative estimate of drug-likeness (QED) is 0.419. The van der Waals surface area contributed by atoms with Crippen LogP contribution in [0.5, 0.6) is 5.75 Å². The number of ketones is 2. The Labute approximate surface area is 198 Å². The minimum atomic E-state index is -0.105. The molecule has 3 heterocycles. The van der Waals surface area contributed by atoms with Gasteiger partial charge in [0.25, 0.3) is 0 Å². The molecule has 1 aromatic carbocycles. The molecule has 1 aliphatic carbocycles. The zero-order valence-corrected chi connectivity index (χ0v) is 19.1. The van der Waals surface area contributed by atoms with E-state index in [0.717, 1.165) is 23.6 Å². The number of fused-ring (bicyclic) bond motifs is 1. The van der Waals surface area contributed by atoms with Gasteiger partial charge in [-0.2, -0.15) is 0 Å². The predicted molar refractivity (Wildman–Crippen MR) is 131 cm³/mol. The topological polar surface area (TPSA) is 97.3 Å².